The molecule has 0 radical (unpaired) electrons. The third kappa shape index (κ3) is 3.55. The number of aromatic amines is 1. The first-order chi connectivity index (χ1) is 15.7. The summed E-state index contributed by atoms with van der Waals surface area (Å²) < 4.78 is 17.2. The van der Waals surface area contributed by atoms with E-state index in [-0.39, 0.29) is 24.9 Å². The van der Waals surface area contributed by atoms with Crippen molar-refractivity contribution in [2.45, 2.75) is 24.4 Å². The Balaban J connectivity index is 1.17. The van der Waals surface area contributed by atoms with Crippen LogP contribution in [-0.4, -0.2) is 83.9 Å². The van der Waals surface area contributed by atoms with Gasteiger partial charge in [-0.3, -0.25) is 0 Å². The van der Waals surface area contributed by atoms with Gasteiger partial charge in [-0.15, -0.1) is 0 Å². The predicted molar refractivity (Wildman–Crippen MR) is 120 cm³/mol. The molecule has 3 fully saturated rings. The number of nitrogens with zero attached hydrogens (tertiary/aromatic N) is 4. The number of anilines is 2. The number of aromatic nitrogens is 3. The molecule has 0 bridgehead atoms. The first-order valence-corrected chi connectivity index (χ1v) is 11.2. The molecule has 0 saturated carbocycles. The number of pyridine rings is 1. The number of ether oxygens (including phenoxy) is 3. The second-order valence-corrected chi connectivity index (χ2v) is 8.74. The summed E-state index contributed by atoms with van der Waals surface area (Å²) in [6.45, 7) is 4.03. The number of H-pyrrole nitrogens is 1. The third-order valence-electron chi connectivity index (χ3n) is 6.33. The largest absolute Gasteiger partial charge is 0.456 e. The average Bonchev–Trinajstić information content (AvgIpc) is 3.51. The van der Waals surface area contributed by atoms with Crippen LogP contribution in [0.3, 0.4) is 0 Å². The molecule has 3 aromatic rings. The maximum absolute atomic E-state index is 9.90. The fourth-order valence-corrected chi connectivity index (χ4v) is 4.94. The second-order valence-electron chi connectivity index (χ2n) is 8.34. The highest BCUT2D eigenvalue weighted by Crippen LogP contribution is 2.32. The molecule has 3 saturated heterocycles. The number of halogens is 1. The van der Waals surface area contributed by atoms with Crippen LogP contribution in [0, 0.1) is 0 Å². The van der Waals surface area contributed by atoms with Crippen molar-refractivity contribution in [1.29, 1.82) is 0 Å². The molecule has 0 aliphatic carbocycles. The number of nitrogens with one attached hydrogen (secondary N) is 1. The molecular weight excluding hydrogens is 434 g/mol. The zero-order valence-corrected chi connectivity index (χ0v) is 18.1. The van der Waals surface area contributed by atoms with Crippen LogP contribution in [0.25, 0.3) is 11.2 Å². The van der Waals surface area contributed by atoms with E-state index in [4.69, 9.17) is 30.8 Å². The molecule has 3 aliphatic rings. The van der Waals surface area contributed by atoms with Crippen LogP contribution >= 0.6 is 11.6 Å². The van der Waals surface area contributed by atoms with Gasteiger partial charge in [0.2, 0.25) is 0 Å². The molecule has 0 unspecified atom stereocenters. The van der Waals surface area contributed by atoms with Crippen LogP contribution in [-0.2, 0) is 9.47 Å². The molecule has 0 spiro atoms. The van der Waals surface area contributed by atoms with Gasteiger partial charge in [0, 0.05) is 31.9 Å². The van der Waals surface area contributed by atoms with Crippen molar-refractivity contribution in [1.82, 2.24) is 15.0 Å². The smallest absolute Gasteiger partial charge is 0.296 e. The Morgan fingerprint density at radius 3 is 2.56 bits per heavy atom. The van der Waals surface area contributed by atoms with Gasteiger partial charge in [-0.2, -0.15) is 4.98 Å². The van der Waals surface area contributed by atoms with E-state index in [0.29, 0.717) is 28.8 Å². The number of aliphatic hydroxyl groups is 1. The number of piperazine rings is 1. The van der Waals surface area contributed by atoms with Gasteiger partial charge in [0.15, 0.2) is 11.8 Å². The van der Waals surface area contributed by atoms with E-state index in [0.717, 1.165) is 32.0 Å². The molecule has 5 heterocycles. The molecule has 4 atom stereocenters. The summed E-state index contributed by atoms with van der Waals surface area (Å²) in [4.78, 5) is 16.9. The minimum absolute atomic E-state index is 0.257. The van der Waals surface area contributed by atoms with E-state index < -0.39 is 6.10 Å². The van der Waals surface area contributed by atoms with Crippen LogP contribution < -0.4 is 14.5 Å². The van der Waals surface area contributed by atoms with E-state index >= 15 is 0 Å². The number of para-hydroxylation sites is 1. The van der Waals surface area contributed by atoms with Gasteiger partial charge < -0.3 is 34.1 Å². The first-order valence-electron chi connectivity index (χ1n) is 10.8. The van der Waals surface area contributed by atoms with Crippen molar-refractivity contribution < 1.29 is 19.3 Å². The van der Waals surface area contributed by atoms with Gasteiger partial charge in [-0.05, 0) is 18.2 Å². The van der Waals surface area contributed by atoms with Crippen LogP contribution in [0.15, 0.2) is 36.4 Å². The van der Waals surface area contributed by atoms with Crippen LogP contribution in [0.2, 0.25) is 5.02 Å². The second kappa shape index (κ2) is 8.08. The van der Waals surface area contributed by atoms with Gasteiger partial charge in [-0.1, -0.05) is 29.8 Å². The summed E-state index contributed by atoms with van der Waals surface area (Å²) in [5.74, 6) is 0.733. The summed E-state index contributed by atoms with van der Waals surface area (Å²) in [7, 11) is 0. The molecule has 32 heavy (non-hydrogen) atoms. The van der Waals surface area contributed by atoms with Gasteiger partial charge in [0.25, 0.3) is 6.01 Å². The zero-order valence-electron chi connectivity index (χ0n) is 17.4. The number of benzene rings is 1. The molecular formula is C22H24ClN5O4. The third-order valence-corrected chi connectivity index (χ3v) is 6.61. The Hall–Kier alpha value is -2.59. The summed E-state index contributed by atoms with van der Waals surface area (Å²) >= 11 is 6.58. The van der Waals surface area contributed by atoms with Crippen molar-refractivity contribution >= 4 is 34.3 Å². The lowest BCUT2D eigenvalue weighted by Crippen LogP contribution is -2.46. The van der Waals surface area contributed by atoms with E-state index in [1.807, 2.05) is 12.1 Å². The average molecular weight is 458 g/mol. The zero-order chi connectivity index (χ0) is 21.7. The Labute approximate surface area is 189 Å². The molecule has 2 aromatic heterocycles. The number of hydrogen-bond donors (Lipinski definition) is 2. The minimum atomic E-state index is -0.616. The van der Waals surface area contributed by atoms with Crippen molar-refractivity contribution in [3.05, 3.63) is 41.4 Å². The van der Waals surface area contributed by atoms with E-state index in [1.54, 1.807) is 0 Å². The Bertz CT molecular complexity index is 1100. The molecule has 2 N–H and O–H groups in total. The highest BCUT2D eigenvalue weighted by Gasteiger charge is 2.48. The monoisotopic (exact) mass is 457 g/mol. The van der Waals surface area contributed by atoms with Gasteiger partial charge in [0.1, 0.15) is 24.1 Å². The topological polar surface area (TPSA) is 96.0 Å². The fourth-order valence-electron chi connectivity index (χ4n) is 4.67. The summed E-state index contributed by atoms with van der Waals surface area (Å²) in [6.07, 6.45) is -1.60. The van der Waals surface area contributed by atoms with E-state index in [2.05, 4.69) is 44.0 Å². The maximum Gasteiger partial charge on any atom is 0.296 e. The summed E-state index contributed by atoms with van der Waals surface area (Å²) in [6, 6.07) is 12.6. The number of aliphatic hydroxyl groups excluding tert-OH is 1. The highest BCUT2D eigenvalue weighted by atomic mass is 35.5. The van der Waals surface area contributed by atoms with Crippen molar-refractivity contribution in [3.63, 3.8) is 0 Å². The molecule has 168 valence electrons. The van der Waals surface area contributed by atoms with Crippen LogP contribution in [0.4, 0.5) is 11.5 Å². The highest BCUT2D eigenvalue weighted by molar-refractivity contribution is 6.33. The molecule has 6 rings (SSSR count). The Kier molecular flexibility index (Phi) is 5.06. The van der Waals surface area contributed by atoms with Crippen LogP contribution in [0.1, 0.15) is 0 Å². The van der Waals surface area contributed by atoms with Crippen molar-refractivity contribution in [2.24, 2.45) is 0 Å². The Morgan fingerprint density at radius 1 is 1.00 bits per heavy atom. The molecule has 3 aliphatic heterocycles. The number of rotatable bonds is 4. The fraction of sp³-hybridized carbons (Fsp3) is 0.455. The maximum atomic E-state index is 9.90. The molecule has 0 amide bonds. The van der Waals surface area contributed by atoms with Crippen LogP contribution in [0.5, 0.6) is 6.01 Å². The summed E-state index contributed by atoms with van der Waals surface area (Å²) in [5, 5.41) is 10.5. The number of fused-ring (bicyclic) bond motifs is 2. The molecule has 9 nitrogen and oxygen atoms in total. The van der Waals surface area contributed by atoms with Crippen molar-refractivity contribution in [2.75, 3.05) is 49.2 Å². The molecule has 1 aromatic carbocycles. The SMILES string of the molecule is O[C@@H]1CO[C@H]2[C@@H]1OC[C@H]2Oc1nc2nc(N3CCN(c4ccccc4)CC3)c(Cl)cc2[nH]1. The lowest BCUT2D eigenvalue weighted by atomic mass is 10.1. The normalized spacial score (nSPS) is 27.8. The van der Waals surface area contributed by atoms with E-state index in [9.17, 15) is 5.11 Å². The molecule has 10 heteroatoms. The van der Waals surface area contributed by atoms with Gasteiger partial charge in [-0.25, -0.2) is 4.98 Å². The lowest BCUT2D eigenvalue weighted by molar-refractivity contribution is 0.00706. The van der Waals surface area contributed by atoms with Crippen molar-refractivity contribution in [3.8, 4) is 6.01 Å². The number of hydrogen-bond acceptors (Lipinski definition) is 8. The first kappa shape index (κ1) is 20.0. The standard InChI is InChI=1S/C22H24ClN5O4/c23-14-10-15-20(26-22(24-15)32-17-12-31-18-16(29)11-30-19(17)18)25-21(14)28-8-6-27(7-9-28)13-4-2-1-3-5-13/h1-5,10,16-19,29H,6-9,11-12H2,(H,24,25,26)/t16-,17-,18-,19-/m1/s1. The number of imidazole rings is 1. The predicted octanol–water partition coefficient (Wildman–Crippen LogP) is 1.84. The minimum Gasteiger partial charge on any atom is -0.456 e. The van der Waals surface area contributed by atoms with Gasteiger partial charge >= 0.3 is 0 Å². The lowest BCUT2D eigenvalue weighted by Gasteiger charge is -2.37. The summed E-state index contributed by atoms with van der Waals surface area (Å²) in [5.41, 5.74) is 2.49. The Morgan fingerprint density at radius 2 is 1.75 bits per heavy atom. The quantitative estimate of drug-likeness (QED) is 0.612. The van der Waals surface area contributed by atoms with Gasteiger partial charge in [0.05, 0.1) is 23.8 Å². The van der Waals surface area contributed by atoms with E-state index in [1.165, 1.54) is 5.69 Å².